The molecule has 0 saturated heterocycles. The summed E-state index contributed by atoms with van der Waals surface area (Å²) in [7, 11) is -1.20. The third-order valence-corrected chi connectivity index (χ3v) is 3.84. The lowest BCUT2D eigenvalue weighted by molar-refractivity contribution is 0.0685. The van der Waals surface area contributed by atoms with E-state index >= 15 is 0 Å². The van der Waals surface area contributed by atoms with E-state index in [-0.39, 0.29) is 11.4 Å². The van der Waals surface area contributed by atoms with Gasteiger partial charge in [0.1, 0.15) is 5.76 Å². The van der Waals surface area contributed by atoms with Crippen LogP contribution in [0, 0.1) is 0 Å². The Bertz CT molecular complexity index is 608. The number of benzene rings is 1. The van der Waals surface area contributed by atoms with Crippen molar-refractivity contribution >= 4 is 28.4 Å². The number of halogens is 1. The molecular weight excluding hydrogens is 290 g/mol. The molecule has 1 atom stereocenters. The summed E-state index contributed by atoms with van der Waals surface area (Å²) in [6.45, 7) is 0. The summed E-state index contributed by atoms with van der Waals surface area (Å²) in [5.41, 5.74) is 0.708. The van der Waals surface area contributed by atoms with Crippen LogP contribution in [0.3, 0.4) is 0 Å². The Hall–Kier alpha value is -1.66. The molecular formula is C12H10ClNO4S. The minimum absolute atomic E-state index is 0.128. The molecule has 1 heterocycles. The number of carbonyl (C=O) groups is 1. The predicted octanol–water partition coefficient (Wildman–Crippen LogP) is 2.48. The zero-order chi connectivity index (χ0) is 13.8. The molecule has 1 N–H and O–H groups in total. The number of carboxylic acid groups (broad SMARTS) is 1. The van der Waals surface area contributed by atoms with Crippen LogP contribution in [0.25, 0.3) is 0 Å². The minimum atomic E-state index is -1.20. The molecule has 0 bridgehead atoms. The van der Waals surface area contributed by atoms with Gasteiger partial charge in [0.05, 0.1) is 5.75 Å². The number of hydrogen-bond acceptors (Lipinski definition) is 4. The van der Waals surface area contributed by atoms with Crippen molar-refractivity contribution in [1.82, 2.24) is 5.16 Å². The maximum absolute atomic E-state index is 11.9. The van der Waals surface area contributed by atoms with E-state index in [0.29, 0.717) is 16.5 Å². The molecule has 1 aromatic heterocycles. The first-order valence-electron chi connectivity index (χ1n) is 5.33. The van der Waals surface area contributed by atoms with E-state index in [1.807, 2.05) is 0 Å². The summed E-state index contributed by atoms with van der Waals surface area (Å²) in [4.78, 5) is 10.6. The average Bonchev–Trinajstić information content (AvgIpc) is 2.80. The largest absolute Gasteiger partial charge is 0.476 e. The number of hydrogen-bond donors (Lipinski definition) is 1. The van der Waals surface area contributed by atoms with Crippen LogP contribution in [0.2, 0.25) is 5.02 Å². The SMILES string of the molecule is O=C(O)c1cc(CS(=O)Cc2ccc(Cl)cc2)on1. The number of nitrogens with zero attached hydrogens (tertiary/aromatic N) is 1. The third kappa shape index (κ3) is 3.90. The van der Waals surface area contributed by atoms with Crippen molar-refractivity contribution in [1.29, 1.82) is 0 Å². The van der Waals surface area contributed by atoms with E-state index in [1.54, 1.807) is 24.3 Å². The van der Waals surface area contributed by atoms with Crippen LogP contribution < -0.4 is 0 Å². The number of carboxylic acids is 1. The summed E-state index contributed by atoms with van der Waals surface area (Å²) in [6.07, 6.45) is 0. The van der Waals surface area contributed by atoms with E-state index in [2.05, 4.69) is 5.16 Å². The fourth-order valence-electron chi connectivity index (χ4n) is 1.46. The molecule has 19 heavy (non-hydrogen) atoms. The molecule has 2 rings (SSSR count). The quantitative estimate of drug-likeness (QED) is 0.917. The fraction of sp³-hybridized carbons (Fsp3) is 0.167. The number of aromatic nitrogens is 1. The highest BCUT2D eigenvalue weighted by molar-refractivity contribution is 7.83. The van der Waals surface area contributed by atoms with Gasteiger partial charge in [-0.2, -0.15) is 0 Å². The second-order valence-electron chi connectivity index (χ2n) is 3.84. The van der Waals surface area contributed by atoms with Gasteiger partial charge in [-0.3, -0.25) is 4.21 Å². The van der Waals surface area contributed by atoms with E-state index in [9.17, 15) is 9.00 Å². The third-order valence-electron chi connectivity index (χ3n) is 2.32. The van der Waals surface area contributed by atoms with Crippen LogP contribution in [-0.2, 0) is 22.3 Å². The Labute approximate surface area is 116 Å². The summed E-state index contributed by atoms with van der Waals surface area (Å²) in [6, 6.07) is 8.32. The normalized spacial score (nSPS) is 12.3. The van der Waals surface area contributed by atoms with Gasteiger partial charge in [0.25, 0.3) is 0 Å². The molecule has 100 valence electrons. The first-order valence-corrected chi connectivity index (χ1v) is 7.19. The number of aromatic carboxylic acids is 1. The number of rotatable bonds is 5. The zero-order valence-corrected chi connectivity index (χ0v) is 11.3. The summed E-state index contributed by atoms with van der Waals surface area (Å²) >= 11 is 5.76. The first-order chi connectivity index (χ1) is 9.04. The topological polar surface area (TPSA) is 80.4 Å². The molecule has 5 nitrogen and oxygen atoms in total. The van der Waals surface area contributed by atoms with E-state index < -0.39 is 16.8 Å². The fourth-order valence-corrected chi connectivity index (χ4v) is 2.70. The van der Waals surface area contributed by atoms with Crippen molar-refractivity contribution in [2.45, 2.75) is 11.5 Å². The van der Waals surface area contributed by atoms with E-state index in [0.717, 1.165) is 5.56 Å². The lowest BCUT2D eigenvalue weighted by Gasteiger charge is -2.00. The lowest BCUT2D eigenvalue weighted by atomic mass is 10.2. The van der Waals surface area contributed by atoms with Crippen LogP contribution in [0.4, 0.5) is 0 Å². The second-order valence-corrected chi connectivity index (χ2v) is 5.73. The van der Waals surface area contributed by atoms with Crippen molar-refractivity contribution in [3.8, 4) is 0 Å². The monoisotopic (exact) mass is 299 g/mol. The van der Waals surface area contributed by atoms with Crippen molar-refractivity contribution < 1.29 is 18.6 Å². The Morgan fingerprint density at radius 1 is 1.32 bits per heavy atom. The summed E-state index contributed by atoms with van der Waals surface area (Å²) in [5, 5.41) is 12.7. The van der Waals surface area contributed by atoms with Crippen LogP contribution in [0.15, 0.2) is 34.9 Å². The summed E-state index contributed by atoms with van der Waals surface area (Å²) < 4.78 is 16.7. The van der Waals surface area contributed by atoms with Crippen LogP contribution in [-0.4, -0.2) is 20.4 Å². The average molecular weight is 300 g/mol. The standard InChI is InChI=1S/C12H10ClNO4S/c13-9-3-1-8(2-4-9)6-19(17)7-10-5-11(12(15)16)14-18-10/h1-5H,6-7H2,(H,15,16). The molecule has 0 amide bonds. The van der Waals surface area contributed by atoms with Gasteiger partial charge in [-0.25, -0.2) is 4.79 Å². The maximum Gasteiger partial charge on any atom is 0.358 e. The van der Waals surface area contributed by atoms with Crippen LogP contribution in [0.5, 0.6) is 0 Å². The van der Waals surface area contributed by atoms with Crippen LogP contribution in [0.1, 0.15) is 21.8 Å². The Balaban J connectivity index is 1.97. The highest BCUT2D eigenvalue weighted by Crippen LogP contribution is 2.13. The van der Waals surface area contributed by atoms with Crippen molar-refractivity contribution in [3.63, 3.8) is 0 Å². The molecule has 2 aromatic rings. The van der Waals surface area contributed by atoms with Gasteiger partial charge in [-0.05, 0) is 17.7 Å². The van der Waals surface area contributed by atoms with Crippen LogP contribution >= 0.6 is 11.6 Å². The van der Waals surface area contributed by atoms with Gasteiger partial charge in [0, 0.05) is 27.6 Å². The first kappa shape index (κ1) is 13.8. The second kappa shape index (κ2) is 5.99. The molecule has 1 aromatic carbocycles. The molecule has 0 aliphatic rings. The predicted molar refractivity (Wildman–Crippen MR) is 70.5 cm³/mol. The molecule has 1 unspecified atom stereocenters. The van der Waals surface area contributed by atoms with Gasteiger partial charge < -0.3 is 9.63 Å². The van der Waals surface area contributed by atoms with Gasteiger partial charge >= 0.3 is 5.97 Å². The Morgan fingerprint density at radius 2 is 2.00 bits per heavy atom. The van der Waals surface area contributed by atoms with E-state index in [4.69, 9.17) is 21.2 Å². The van der Waals surface area contributed by atoms with Crippen molar-refractivity contribution in [2.75, 3.05) is 0 Å². The molecule has 0 saturated carbocycles. The molecule has 0 aliphatic heterocycles. The molecule has 0 aliphatic carbocycles. The molecule has 0 spiro atoms. The lowest BCUT2D eigenvalue weighted by Crippen LogP contribution is -1.99. The Morgan fingerprint density at radius 3 is 2.58 bits per heavy atom. The highest BCUT2D eigenvalue weighted by atomic mass is 35.5. The van der Waals surface area contributed by atoms with Crippen molar-refractivity contribution in [3.05, 3.63) is 52.4 Å². The Kier molecular flexibility index (Phi) is 4.34. The van der Waals surface area contributed by atoms with Gasteiger partial charge in [-0.1, -0.05) is 28.9 Å². The molecule has 0 radical (unpaired) electrons. The smallest absolute Gasteiger partial charge is 0.358 e. The van der Waals surface area contributed by atoms with Gasteiger partial charge in [0.15, 0.2) is 5.69 Å². The molecule has 7 heteroatoms. The van der Waals surface area contributed by atoms with Gasteiger partial charge in [0.2, 0.25) is 0 Å². The zero-order valence-electron chi connectivity index (χ0n) is 9.71. The minimum Gasteiger partial charge on any atom is -0.476 e. The van der Waals surface area contributed by atoms with E-state index in [1.165, 1.54) is 6.07 Å². The van der Waals surface area contributed by atoms with Crippen molar-refractivity contribution in [2.24, 2.45) is 0 Å². The summed E-state index contributed by atoms with van der Waals surface area (Å²) in [5.74, 6) is -0.397. The molecule has 0 fully saturated rings. The highest BCUT2D eigenvalue weighted by Gasteiger charge is 2.13. The maximum atomic E-state index is 11.9. The van der Waals surface area contributed by atoms with Gasteiger partial charge in [-0.15, -0.1) is 0 Å².